The molecule has 0 saturated carbocycles. The fourth-order valence-corrected chi connectivity index (χ4v) is 3.35. The maximum Gasteiger partial charge on any atom is 0.272 e. The van der Waals surface area contributed by atoms with Crippen LogP contribution in [0.3, 0.4) is 0 Å². The number of para-hydroxylation sites is 1. The van der Waals surface area contributed by atoms with Gasteiger partial charge in [-0.25, -0.2) is 4.98 Å². The van der Waals surface area contributed by atoms with Crippen molar-refractivity contribution in [2.45, 2.75) is 12.3 Å². The molecule has 1 fully saturated rings. The number of nitrogens with zero attached hydrogens (tertiary/aromatic N) is 3. The average molecular weight is 317 g/mol. The van der Waals surface area contributed by atoms with Gasteiger partial charge in [-0.15, -0.1) is 0 Å². The third kappa shape index (κ3) is 2.71. The third-order valence-corrected chi connectivity index (χ3v) is 4.64. The van der Waals surface area contributed by atoms with Crippen LogP contribution in [0.1, 0.15) is 28.4 Å². The van der Waals surface area contributed by atoms with Gasteiger partial charge in [0.1, 0.15) is 5.69 Å². The van der Waals surface area contributed by atoms with Crippen molar-refractivity contribution in [2.24, 2.45) is 0 Å². The van der Waals surface area contributed by atoms with E-state index >= 15 is 0 Å². The van der Waals surface area contributed by atoms with Gasteiger partial charge >= 0.3 is 0 Å². The van der Waals surface area contributed by atoms with Crippen LogP contribution in [0.4, 0.5) is 0 Å². The topological polar surface area (TPSA) is 38.1 Å². The van der Waals surface area contributed by atoms with Crippen molar-refractivity contribution in [3.63, 3.8) is 0 Å². The van der Waals surface area contributed by atoms with Crippen LogP contribution >= 0.6 is 0 Å². The van der Waals surface area contributed by atoms with Crippen LogP contribution in [0.15, 0.2) is 73.2 Å². The summed E-state index contributed by atoms with van der Waals surface area (Å²) in [5.74, 6) is 0.470. The summed E-state index contributed by atoms with van der Waals surface area (Å²) >= 11 is 0. The van der Waals surface area contributed by atoms with Gasteiger partial charge in [-0.3, -0.25) is 9.36 Å². The lowest BCUT2D eigenvalue weighted by Gasteiger charge is -2.17. The predicted molar refractivity (Wildman–Crippen MR) is 93.3 cm³/mol. The first-order valence-corrected chi connectivity index (χ1v) is 8.25. The molecule has 120 valence electrons. The molecule has 3 aromatic rings. The zero-order valence-electron chi connectivity index (χ0n) is 13.4. The molecule has 4 nitrogen and oxygen atoms in total. The predicted octanol–water partition coefficient (Wildman–Crippen LogP) is 3.50. The molecule has 4 rings (SSSR count). The molecule has 4 heteroatoms. The van der Waals surface area contributed by atoms with Gasteiger partial charge in [-0.05, 0) is 24.1 Å². The number of carbonyl (C=O) groups excluding carboxylic acids is 1. The number of amides is 1. The number of carbonyl (C=O) groups is 1. The van der Waals surface area contributed by atoms with E-state index < -0.39 is 0 Å². The highest BCUT2D eigenvalue weighted by Crippen LogP contribution is 2.28. The summed E-state index contributed by atoms with van der Waals surface area (Å²) < 4.78 is 1.86. The molecule has 0 N–H and O–H groups in total. The highest BCUT2D eigenvalue weighted by Gasteiger charge is 2.29. The Morgan fingerprint density at radius 1 is 1.00 bits per heavy atom. The van der Waals surface area contributed by atoms with Crippen LogP contribution in [-0.2, 0) is 0 Å². The summed E-state index contributed by atoms with van der Waals surface area (Å²) in [6.07, 6.45) is 4.37. The van der Waals surface area contributed by atoms with Crippen molar-refractivity contribution in [1.29, 1.82) is 0 Å². The minimum absolute atomic E-state index is 0.0507. The van der Waals surface area contributed by atoms with Crippen LogP contribution in [0.5, 0.6) is 0 Å². The van der Waals surface area contributed by atoms with Gasteiger partial charge in [0, 0.05) is 24.7 Å². The minimum Gasteiger partial charge on any atom is -0.337 e. The molecule has 1 aliphatic heterocycles. The summed E-state index contributed by atoms with van der Waals surface area (Å²) in [7, 11) is 0. The molecule has 0 bridgehead atoms. The van der Waals surface area contributed by atoms with E-state index in [1.165, 1.54) is 5.56 Å². The Morgan fingerprint density at radius 3 is 2.46 bits per heavy atom. The number of imidazole rings is 1. The van der Waals surface area contributed by atoms with E-state index in [4.69, 9.17) is 0 Å². The Morgan fingerprint density at radius 2 is 1.71 bits per heavy atom. The van der Waals surface area contributed by atoms with Gasteiger partial charge in [0.15, 0.2) is 0 Å². The molecule has 1 atom stereocenters. The molecule has 0 radical (unpaired) electrons. The molecular formula is C20H19N3O. The monoisotopic (exact) mass is 317 g/mol. The first kappa shape index (κ1) is 14.7. The molecule has 2 aromatic carbocycles. The largest absolute Gasteiger partial charge is 0.337 e. The normalized spacial score (nSPS) is 17.2. The van der Waals surface area contributed by atoms with Gasteiger partial charge in [-0.2, -0.15) is 0 Å². The zero-order chi connectivity index (χ0) is 16.4. The summed E-state index contributed by atoms with van der Waals surface area (Å²) in [4.78, 5) is 19.1. The van der Waals surface area contributed by atoms with Crippen LogP contribution in [0.25, 0.3) is 5.69 Å². The van der Waals surface area contributed by atoms with Gasteiger partial charge in [0.05, 0.1) is 12.5 Å². The molecule has 0 aliphatic carbocycles. The van der Waals surface area contributed by atoms with Crippen molar-refractivity contribution in [2.75, 3.05) is 13.1 Å². The van der Waals surface area contributed by atoms with Crippen molar-refractivity contribution < 1.29 is 4.79 Å². The molecule has 24 heavy (non-hydrogen) atoms. The van der Waals surface area contributed by atoms with Crippen LogP contribution < -0.4 is 0 Å². The lowest BCUT2D eigenvalue weighted by Crippen LogP contribution is -2.30. The second-order valence-corrected chi connectivity index (χ2v) is 6.13. The van der Waals surface area contributed by atoms with Gasteiger partial charge in [0.2, 0.25) is 0 Å². The maximum absolute atomic E-state index is 12.9. The van der Waals surface area contributed by atoms with Crippen molar-refractivity contribution in [1.82, 2.24) is 14.5 Å². The first-order valence-electron chi connectivity index (χ1n) is 8.25. The molecule has 1 aliphatic rings. The SMILES string of the molecule is O=C(c1cncn1-c1ccccc1)N1CCC(c2ccccc2)C1. The third-order valence-electron chi connectivity index (χ3n) is 4.64. The number of hydrogen-bond donors (Lipinski definition) is 0. The zero-order valence-corrected chi connectivity index (χ0v) is 13.4. The Labute approximate surface area is 141 Å². The molecule has 0 spiro atoms. The maximum atomic E-state index is 12.9. The molecule has 1 unspecified atom stereocenters. The molecule has 1 amide bonds. The lowest BCUT2D eigenvalue weighted by atomic mass is 9.99. The number of likely N-dealkylation sites (tertiary alicyclic amines) is 1. The summed E-state index contributed by atoms with van der Waals surface area (Å²) in [5.41, 5.74) is 2.89. The van der Waals surface area contributed by atoms with Gasteiger partial charge in [0.25, 0.3) is 5.91 Å². The van der Waals surface area contributed by atoms with Crippen LogP contribution in [0.2, 0.25) is 0 Å². The molecular weight excluding hydrogens is 298 g/mol. The van der Waals surface area contributed by atoms with E-state index in [0.717, 1.165) is 25.2 Å². The summed E-state index contributed by atoms with van der Waals surface area (Å²) in [5, 5.41) is 0. The second kappa shape index (κ2) is 6.32. The Balaban J connectivity index is 1.55. The minimum atomic E-state index is 0.0507. The Bertz CT molecular complexity index is 826. The molecule has 2 heterocycles. The first-order chi connectivity index (χ1) is 11.8. The number of aromatic nitrogens is 2. The smallest absolute Gasteiger partial charge is 0.272 e. The lowest BCUT2D eigenvalue weighted by molar-refractivity contribution is 0.0783. The number of rotatable bonds is 3. The molecule has 1 aromatic heterocycles. The van der Waals surface area contributed by atoms with Gasteiger partial charge < -0.3 is 4.90 Å². The van der Waals surface area contributed by atoms with E-state index in [1.54, 1.807) is 12.5 Å². The summed E-state index contributed by atoms with van der Waals surface area (Å²) in [6.45, 7) is 1.56. The van der Waals surface area contributed by atoms with E-state index in [1.807, 2.05) is 45.9 Å². The Kier molecular flexibility index (Phi) is 3.87. The van der Waals surface area contributed by atoms with E-state index in [-0.39, 0.29) is 5.91 Å². The van der Waals surface area contributed by atoms with Crippen molar-refractivity contribution in [3.05, 3.63) is 84.4 Å². The second-order valence-electron chi connectivity index (χ2n) is 6.13. The fourth-order valence-electron chi connectivity index (χ4n) is 3.35. The van der Waals surface area contributed by atoms with E-state index in [9.17, 15) is 4.79 Å². The van der Waals surface area contributed by atoms with Crippen LogP contribution in [-0.4, -0.2) is 33.4 Å². The quantitative estimate of drug-likeness (QED) is 0.741. The standard InChI is InChI=1S/C20H19N3O/c24-20(19-13-21-15-23(19)18-9-5-2-6-10-18)22-12-11-17(14-22)16-7-3-1-4-8-16/h1-10,13,15,17H,11-12,14H2. The van der Waals surface area contributed by atoms with Crippen molar-refractivity contribution >= 4 is 5.91 Å². The average Bonchev–Trinajstić information content (AvgIpc) is 3.32. The van der Waals surface area contributed by atoms with Crippen LogP contribution in [0, 0.1) is 0 Å². The van der Waals surface area contributed by atoms with E-state index in [2.05, 4.69) is 29.2 Å². The highest BCUT2D eigenvalue weighted by molar-refractivity contribution is 5.93. The fraction of sp³-hybridized carbons (Fsp3) is 0.200. The number of hydrogen-bond acceptors (Lipinski definition) is 2. The number of benzene rings is 2. The Hall–Kier alpha value is -2.88. The van der Waals surface area contributed by atoms with E-state index in [0.29, 0.717) is 11.6 Å². The van der Waals surface area contributed by atoms with Gasteiger partial charge in [-0.1, -0.05) is 48.5 Å². The molecule has 1 saturated heterocycles. The van der Waals surface area contributed by atoms with Crippen molar-refractivity contribution in [3.8, 4) is 5.69 Å². The highest BCUT2D eigenvalue weighted by atomic mass is 16.2. The summed E-state index contributed by atoms with van der Waals surface area (Å²) in [6, 6.07) is 20.3.